The molecule has 0 radical (unpaired) electrons. The largest absolute Gasteiger partial charge is 0.478 e. The molecular formula is C18H14N2O3S. The third-order valence-corrected chi connectivity index (χ3v) is 4.20. The van der Waals surface area contributed by atoms with Crippen molar-refractivity contribution in [2.24, 2.45) is 0 Å². The Hall–Kier alpha value is -2.99. The van der Waals surface area contributed by atoms with Crippen molar-refractivity contribution >= 4 is 28.3 Å². The molecule has 0 aliphatic heterocycles. The number of carbonyl (C=O) groups is 2. The van der Waals surface area contributed by atoms with Crippen LogP contribution in [0, 0.1) is 6.92 Å². The monoisotopic (exact) mass is 338 g/mol. The fourth-order valence-electron chi connectivity index (χ4n) is 2.15. The summed E-state index contributed by atoms with van der Waals surface area (Å²) in [5.41, 5.74) is 3.28. The molecule has 0 bridgehead atoms. The molecule has 5 nitrogen and oxygen atoms in total. The van der Waals surface area contributed by atoms with Gasteiger partial charge in [-0.1, -0.05) is 35.9 Å². The van der Waals surface area contributed by atoms with Crippen molar-refractivity contribution in [2.45, 2.75) is 6.92 Å². The molecule has 0 aliphatic carbocycles. The second-order valence-electron chi connectivity index (χ2n) is 5.24. The standard InChI is InChI=1S/C18H14N2O3S/c1-11-5-7-12(8-6-11)15-10-24-18(19-15)20-16(21)13-3-2-4-14(9-13)17(22)23/h2-10H,1H3,(H,22,23)(H,19,20,21). The molecule has 24 heavy (non-hydrogen) atoms. The predicted octanol–water partition coefficient (Wildman–Crippen LogP) is 4.07. The summed E-state index contributed by atoms with van der Waals surface area (Å²) in [7, 11) is 0. The third kappa shape index (κ3) is 3.49. The van der Waals surface area contributed by atoms with Crippen LogP contribution in [0.25, 0.3) is 11.3 Å². The lowest BCUT2D eigenvalue weighted by Gasteiger charge is -2.03. The fourth-order valence-corrected chi connectivity index (χ4v) is 2.87. The molecule has 0 saturated carbocycles. The summed E-state index contributed by atoms with van der Waals surface area (Å²) in [5.74, 6) is -1.46. The van der Waals surface area contributed by atoms with Crippen LogP contribution in [0.3, 0.4) is 0 Å². The van der Waals surface area contributed by atoms with E-state index in [0.29, 0.717) is 5.13 Å². The molecule has 1 aromatic heterocycles. The van der Waals surface area contributed by atoms with Crippen molar-refractivity contribution in [3.8, 4) is 11.3 Å². The lowest BCUT2D eigenvalue weighted by Crippen LogP contribution is -2.12. The van der Waals surface area contributed by atoms with Gasteiger partial charge in [0.15, 0.2) is 5.13 Å². The zero-order valence-corrected chi connectivity index (χ0v) is 13.6. The topological polar surface area (TPSA) is 79.3 Å². The zero-order valence-electron chi connectivity index (χ0n) is 12.8. The van der Waals surface area contributed by atoms with Crippen LogP contribution in [0.1, 0.15) is 26.3 Å². The zero-order chi connectivity index (χ0) is 17.1. The molecular weight excluding hydrogens is 324 g/mol. The first-order valence-corrected chi connectivity index (χ1v) is 8.08. The second kappa shape index (κ2) is 6.64. The second-order valence-corrected chi connectivity index (χ2v) is 6.10. The molecule has 2 aromatic carbocycles. The van der Waals surface area contributed by atoms with E-state index < -0.39 is 5.97 Å². The number of carbonyl (C=O) groups excluding carboxylic acids is 1. The van der Waals surface area contributed by atoms with Gasteiger partial charge < -0.3 is 5.11 Å². The number of rotatable bonds is 4. The highest BCUT2D eigenvalue weighted by atomic mass is 32.1. The molecule has 0 unspecified atom stereocenters. The summed E-state index contributed by atoms with van der Waals surface area (Å²) in [6.45, 7) is 2.02. The number of anilines is 1. The average molecular weight is 338 g/mol. The van der Waals surface area contributed by atoms with Crippen LogP contribution in [0.4, 0.5) is 5.13 Å². The van der Waals surface area contributed by atoms with Crippen LogP contribution >= 0.6 is 11.3 Å². The number of aromatic nitrogens is 1. The summed E-state index contributed by atoms with van der Waals surface area (Å²) in [6.07, 6.45) is 0. The van der Waals surface area contributed by atoms with Crippen LogP contribution in [0.2, 0.25) is 0 Å². The number of carboxylic acid groups (broad SMARTS) is 1. The first kappa shape index (κ1) is 15.9. The van der Waals surface area contributed by atoms with Crippen LogP contribution in [-0.2, 0) is 0 Å². The minimum absolute atomic E-state index is 0.0714. The molecule has 1 amide bonds. The van der Waals surface area contributed by atoms with E-state index in [-0.39, 0.29) is 17.0 Å². The lowest BCUT2D eigenvalue weighted by atomic mass is 10.1. The number of hydrogen-bond donors (Lipinski definition) is 2. The van der Waals surface area contributed by atoms with Gasteiger partial charge in [0, 0.05) is 16.5 Å². The highest BCUT2D eigenvalue weighted by Gasteiger charge is 2.12. The van der Waals surface area contributed by atoms with Crippen LogP contribution in [0.15, 0.2) is 53.9 Å². The average Bonchev–Trinajstić information content (AvgIpc) is 3.04. The number of hydrogen-bond acceptors (Lipinski definition) is 4. The Kier molecular flexibility index (Phi) is 4.39. The van der Waals surface area contributed by atoms with Gasteiger partial charge in [-0.15, -0.1) is 11.3 Å². The molecule has 3 aromatic rings. The molecule has 120 valence electrons. The fraction of sp³-hybridized carbons (Fsp3) is 0.0556. The number of nitrogens with one attached hydrogen (secondary N) is 1. The molecule has 6 heteroatoms. The molecule has 0 atom stereocenters. The number of thiazole rings is 1. The molecule has 0 saturated heterocycles. The van der Waals surface area contributed by atoms with E-state index in [1.165, 1.54) is 35.1 Å². The Morgan fingerprint density at radius 2 is 1.79 bits per heavy atom. The maximum absolute atomic E-state index is 12.2. The van der Waals surface area contributed by atoms with E-state index in [1.54, 1.807) is 6.07 Å². The third-order valence-electron chi connectivity index (χ3n) is 3.44. The molecule has 2 N–H and O–H groups in total. The van der Waals surface area contributed by atoms with Crippen molar-refractivity contribution in [1.82, 2.24) is 4.98 Å². The van der Waals surface area contributed by atoms with Crippen molar-refractivity contribution in [2.75, 3.05) is 5.32 Å². The molecule has 0 fully saturated rings. The summed E-state index contributed by atoms with van der Waals surface area (Å²) in [4.78, 5) is 27.6. The Morgan fingerprint density at radius 1 is 1.08 bits per heavy atom. The minimum atomic E-state index is -1.07. The summed E-state index contributed by atoms with van der Waals surface area (Å²) < 4.78 is 0. The molecule has 0 aliphatic rings. The smallest absolute Gasteiger partial charge is 0.335 e. The maximum Gasteiger partial charge on any atom is 0.335 e. The molecule has 3 rings (SSSR count). The number of aryl methyl sites for hydroxylation is 1. The van der Waals surface area contributed by atoms with Crippen LogP contribution in [0.5, 0.6) is 0 Å². The number of carboxylic acids is 1. The van der Waals surface area contributed by atoms with Gasteiger partial charge >= 0.3 is 5.97 Å². The van der Waals surface area contributed by atoms with E-state index >= 15 is 0 Å². The van der Waals surface area contributed by atoms with Gasteiger partial charge in [-0.05, 0) is 25.1 Å². The number of benzene rings is 2. The first-order chi connectivity index (χ1) is 11.5. The van der Waals surface area contributed by atoms with Gasteiger partial charge in [0.1, 0.15) is 0 Å². The van der Waals surface area contributed by atoms with Crippen molar-refractivity contribution in [3.05, 3.63) is 70.6 Å². The highest BCUT2D eigenvalue weighted by molar-refractivity contribution is 7.14. The number of nitrogens with zero attached hydrogens (tertiary/aromatic N) is 1. The first-order valence-electron chi connectivity index (χ1n) is 7.20. The predicted molar refractivity (Wildman–Crippen MR) is 93.6 cm³/mol. The summed E-state index contributed by atoms with van der Waals surface area (Å²) in [5, 5.41) is 14.0. The van der Waals surface area contributed by atoms with Crippen molar-refractivity contribution in [3.63, 3.8) is 0 Å². The van der Waals surface area contributed by atoms with Gasteiger partial charge in [0.2, 0.25) is 0 Å². The van der Waals surface area contributed by atoms with Crippen molar-refractivity contribution < 1.29 is 14.7 Å². The van der Waals surface area contributed by atoms with E-state index in [9.17, 15) is 9.59 Å². The lowest BCUT2D eigenvalue weighted by molar-refractivity contribution is 0.0697. The van der Waals surface area contributed by atoms with E-state index in [4.69, 9.17) is 5.11 Å². The Labute approximate surface area is 142 Å². The number of amides is 1. The van der Waals surface area contributed by atoms with Gasteiger partial charge in [-0.2, -0.15) is 0 Å². The van der Waals surface area contributed by atoms with Crippen molar-refractivity contribution in [1.29, 1.82) is 0 Å². The van der Waals surface area contributed by atoms with E-state index in [1.807, 2.05) is 36.6 Å². The summed E-state index contributed by atoms with van der Waals surface area (Å²) >= 11 is 1.32. The molecule has 0 spiro atoms. The van der Waals surface area contributed by atoms with E-state index in [2.05, 4.69) is 10.3 Å². The number of aromatic carboxylic acids is 1. The normalized spacial score (nSPS) is 10.4. The highest BCUT2D eigenvalue weighted by Crippen LogP contribution is 2.25. The summed E-state index contributed by atoms with van der Waals surface area (Å²) in [6, 6.07) is 13.9. The van der Waals surface area contributed by atoms with Gasteiger partial charge in [0.25, 0.3) is 5.91 Å². The SMILES string of the molecule is Cc1ccc(-c2csc(NC(=O)c3cccc(C(=O)O)c3)n2)cc1. The van der Waals surface area contributed by atoms with Crippen LogP contribution in [-0.4, -0.2) is 22.0 Å². The minimum Gasteiger partial charge on any atom is -0.478 e. The Balaban J connectivity index is 1.77. The Bertz CT molecular complexity index is 901. The molecule has 1 heterocycles. The van der Waals surface area contributed by atoms with Gasteiger partial charge in [0.05, 0.1) is 11.3 Å². The quantitative estimate of drug-likeness (QED) is 0.751. The van der Waals surface area contributed by atoms with Gasteiger partial charge in [-0.3, -0.25) is 10.1 Å². The Morgan fingerprint density at radius 3 is 2.50 bits per heavy atom. The van der Waals surface area contributed by atoms with Gasteiger partial charge in [-0.25, -0.2) is 9.78 Å². The maximum atomic E-state index is 12.2. The van der Waals surface area contributed by atoms with E-state index in [0.717, 1.165) is 11.3 Å². The van der Waals surface area contributed by atoms with Crippen LogP contribution < -0.4 is 5.32 Å².